The minimum atomic E-state index is -0.184. The Bertz CT molecular complexity index is 1140. The van der Waals surface area contributed by atoms with Crippen molar-refractivity contribution in [2.75, 3.05) is 12.8 Å². The molecule has 1 aromatic carbocycles. The predicted octanol–water partition coefficient (Wildman–Crippen LogP) is 3.90. The molecule has 0 radical (unpaired) electrons. The summed E-state index contributed by atoms with van der Waals surface area (Å²) in [4.78, 5) is 17.4. The number of nitrogens with two attached hydrogens (primary N) is 1. The van der Waals surface area contributed by atoms with E-state index < -0.39 is 0 Å². The number of ether oxygens (including phenoxy) is 1. The third-order valence-electron chi connectivity index (χ3n) is 4.54. The number of anilines is 1. The summed E-state index contributed by atoms with van der Waals surface area (Å²) in [7, 11) is 1.62. The normalized spacial score (nSPS) is 11.7. The molecule has 0 bridgehead atoms. The number of imidazole rings is 1. The van der Waals surface area contributed by atoms with Crippen LogP contribution < -0.4 is 10.5 Å². The van der Waals surface area contributed by atoms with Crippen LogP contribution in [-0.2, 0) is 5.54 Å². The number of benzene rings is 1. The summed E-state index contributed by atoms with van der Waals surface area (Å²) in [6.45, 7) is 6.46. The zero-order valence-electron chi connectivity index (χ0n) is 16.3. The molecule has 4 rings (SSSR count). The first kappa shape index (κ1) is 17.9. The largest absolute Gasteiger partial charge is 0.480 e. The van der Waals surface area contributed by atoms with Crippen LogP contribution in [0.25, 0.3) is 33.5 Å². The summed E-state index contributed by atoms with van der Waals surface area (Å²) in [5.74, 6) is 1.63. The van der Waals surface area contributed by atoms with Gasteiger partial charge in [-0.1, -0.05) is 6.07 Å². The van der Waals surface area contributed by atoms with Crippen molar-refractivity contribution in [3.8, 4) is 28.4 Å². The molecule has 0 aliphatic heterocycles. The number of pyridine rings is 1. The molecule has 0 fully saturated rings. The third-order valence-corrected chi connectivity index (χ3v) is 4.54. The van der Waals surface area contributed by atoms with Gasteiger partial charge in [-0.05, 0) is 50.6 Å². The fraction of sp³-hybridized carbons (Fsp3) is 0.238. The van der Waals surface area contributed by atoms with E-state index in [-0.39, 0.29) is 11.5 Å². The Hall–Kier alpha value is -3.48. The highest BCUT2D eigenvalue weighted by atomic mass is 16.5. The Morgan fingerprint density at radius 1 is 1.00 bits per heavy atom. The molecule has 28 heavy (non-hydrogen) atoms. The first-order chi connectivity index (χ1) is 13.4. The number of nitrogen functional groups attached to an aromatic ring is 1. The molecule has 4 aromatic rings. The average molecular weight is 374 g/mol. The second-order valence-electron chi connectivity index (χ2n) is 7.54. The van der Waals surface area contributed by atoms with Crippen LogP contribution in [0.5, 0.6) is 5.88 Å². The van der Waals surface area contributed by atoms with Gasteiger partial charge in [-0.2, -0.15) is 0 Å². The van der Waals surface area contributed by atoms with E-state index in [1.165, 1.54) is 0 Å². The van der Waals surface area contributed by atoms with Crippen LogP contribution in [0, 0.1) is 0 Å². The maximum absolute atomic E-state index is 5.60. The molecular formula is C21H22N6O. The van der Waals surface area contributed by atoms with Crippen molar-refractivity contribution < 1.29 is 4.74 Å². The van der Waals surface area contributed by atoms with Crippen LogP contribution in [-0.4, -0.2) is 31.6 Å². The zero-order chi connectivity index (χ0) is 19.9. The standard InChI is InChI=1S/C21H22N6O/c1-21(2,3)27-17-8-7-13(14-11-24-20(22)25-12-14)10-16(17)26-18(27)15-6-5-9-23-19(15)28-4/h5-12H,1-4H3,(H2,22,24,25). The minimum absolute atomic E-state index is 0.184. The van der Waals surface area contributed by atoms with Gasteiger partial charge in [0.2, 0.25) is 11.8 Å². The molecule has 7 nitrogen and oxygen atoms in total. The molecule has 0 unspecified atom stereocenters. The van der Waals surface area contributed by atoms with Crippen molar-refractivity contribution in [1.29, 1.82) is 0 Å². The molecule has 0 atom stereocenters. The lowest BCUT2D eigenvalue weighted by molar-refractivity contribution is 0.394. The quantitative estimate of drug-likeness (QED) is 0.585. The monoisotopic (exact) mass is 374 g/mol. The molecule has 142 valence electrons. The molecule has 0 aliphatic rings. The van der Waals surface area contributed by atoms with Crippen molar-refractivity contribution in [1.82, 2.24) is 24.5 Å². The van der Waals surface area contributed by atoms with Crippen LogP contribution >= 0.6 is 0 Å². The smallest absolute Gasteiger partial charge is 0.224 e. The molecule has 7 heteroatoms. The van der Waals surface area contributed by atoms with E-state index in [0.717, 1.165) is 33.5 Å². The van der Waals surface area contributed by atoms with E-state index in [1.54, 1.807) is 25.7 Å². The number of rotatable bonds is 3. The number of methoxy groups -OCH3 is 1. The van der Waals surface area contributed by atoms with Crippen LogP contribution in [0.1, 0.15) is 20.8 Å². The molecule has 0 saturated carbocycles. The SMILES string of the molecule is COc1ncccc1-c1nc2cc(-c3cnc(N)nc3)ccc2n1C(C)(C)C. The number of fused-ring (bicyclic) bond motifs is 1. The number of hydrogen-bond acceptors (Lipinski definition) is 6. The summed E-state index contributed by atoms with van der Waals surface area (Å²) in [5, 5.41) is 0. The molecule has 2 N–H and O–H groups in total. The lowest BCUT2D eigenvalue weighted by atomic mass is 10.1. The molecule has 3 heterocycles. The highest BCUT2D eigenvalue weighted by molar-refractivity contribution is 5.86. The van der Waals surface area contributed by atoms with Crippen LogP contribution in [0.3, 0.4) is 0 Å². The Balaban J connectivity index is 1.96. The fourth-order valence-electron chi connectivity index (χ4n) is 3.33. The van der Waals surface area contributed by atoms with E-state index in [0.29, 0.717) is 5.88 Å². The molecule has 0 spiro atoms. The summed E-state index contributed by atoms with van der Waals surface area (Å²) < 4.78 is 7.69. The second-order valence-corrected chi connectivity index (χ2v) is 7.54. The van der Waals surface area contributed by atoms with Crippen LogP contribution in [0.4, 0.5) is 5.95 Å². The van der Waals surface area contributed by atoms with Gasteiger partial charge in [0, 0.05) is 29.7 Å². The Kier molecular flexibility index (Phi) is 4.22. The van der Waals surface area contributed by atoms with Gasteiger partial charge in [-0.3, -0.25) is 0 Å². The molecule has 0 saturated heterocycles. The highest BCUT2D eigenvalue weighted by Gasteiger charge is 2.24. The number of hydrogen-bond donors (Lipinski definition) is 1. The van der Waals surface area contributed by atoms with Gasteiger partial charge >= 0.3 is 0 Å². The van der Waals surface area contributed by atoms with E-state index in [1.807, 2.05) is 24.3 Å². The van der Waals surface area contributed by atoms with Gasteiger partial charge in [-0.15, -0.1) is 0 Å². The summed E-state index contributed by atoms with van der Waals surface area (Å²) in [5.41, 5.74) is 10.1. The van der Waals surface area contributed by atoms with Crippen molar-refractivity contribution in [3.63, 3.8) is 0 Å². The molecular weight excluding hydrogens is 352 g/mol. The van der Waals surface area contributed by atoms with E-state index in [2.05, 4.69) is 46.4 Å². The lowest BCUT2D eigenvalue weighted by Crippen LogP contribution is -2.22. The Labute approximate surface area is 163 Å². The van der Waals surface area contributed by atoms with Crippen molar-refractivity contribution in [3.05, 3.63) is 48.9 Å². The average Bonchev–Trinajstić information content (AvgIpc) is 3.07. The van der Waals surface area contributed by atoms with Crippen LogP contribution in [0.2, 0.25) is 0 Å². The van der Waals surface area contributed by atoms with E-state index in [9.17, 15) is 0 Å². The molecule has 3 aromatic heterocycles. The van der Waals surface area contributed by atoms with Gasteiger partial charge in [0.1, 0.15) is 5.82 Å². The number of nitrogens with zero attached hydrogens (tertiary/aromatic N) is 5. The van der Waals surface area contributed by atoms with E-state index in [4.69, 9.17) is 15.5 Å². The van der Waals surface area contributed by atoms with Gasteiger partial charge < -0.3 is 15.0 Å². The predicted molar refractivity (Wildman–Crippen MR) is 110 cm³/mol. The maximum atomic E-state index is 5.60. The second kappa shape index (κ2) is 6.60. The third kappa shape index (κ3) is 3.05. The Morgan fingerprint density at radius 3 is 2.43 bits per heavy atom. The van der Waals surface area contributed by atoms with Gasteiger partial charge in [0.25, 0.3) is 0 Å². The topological polar surface area (TPSA) is 91.7 Å². The number of aromatic nitrogens is 5. The maximum Gasteiger partial charge on any atom is 0.224 e. The van der Waals surface area contributed by atoms with Crippen molar-refractivity contribution in [2.45, 2.75) is 26.3 Å². The summed E-state index contributed by atoms with van der Waals surface area (Å²) >= 11 is 0. The minimum Gasteiger partial charge on any atom is -0.480 e. The molecule has 0 aliphatic carbocycles. The summed E-state index contributed by atoms with van der Waals surface area (Å²) in [6, 6.07) is 10.0. The highest BCUT2D eigenvalue weighted by Crippen LogP contribution is 2.35. The summed E-state index contributed by atoms with van der Waals surface area (Å²) in [6.07, 6.45) is 5.15. The fourth-order valence-corrected chi connectivity index (χ4v) is 3.33. The Morgan fingerprint density at radius 2 is 1.75 bits per heavy atom. The first-order valence-electron chi connectivity index (χ1n) is 8.99. The van der Waals surface area contributed by atoms with Gasteiger partial charge in [0.05, 0.1) is 23.7 Å². The van der Waals surface area contributed by atoms with Gasteiger partial charge in [0.15, 0.2) is 0 Å². The van der Waals surface area contributed by atoms with Crippen molar-refractivity contribution >= 4 is 17.0 Å². The zero-order valence-corrected chi connectivity index (χ0v) is 16.3. The van der Waals surface area contributed by atoms with Crippen molar-refractivity contribution in [2.24, 2.45) is 0 Å². The van der Waals surface area contributed by atoms with Gasteiger partial charge in [-0.25, -0.2) is 19.9 Å². The first-order valence-corrected chi connectivity index (χ1v) is 8.99. The lowest BCUT2D eigenvalue weighted by Gasteiger charge is -2.25. The molecule has 0 amide bonds. The van der Waals surface area contributed by atoms with Crippen LogP contribution in [0.15, 0.2) is 48.9 Å². The van der Waals surface area contributed by atoms with E-state index >= 15 is 0 Å².